The summed E-state index contributed by atoms with van der Waals surface area (Å²) >= 11 is 0. The maximum Gasteiger partial charge on any atom is 0.247 e. The Kier molecular flexibility index (Phi) is 4.59. The Morgan fingerprint density at radius 3 is 2.85 bits per heavy atom. The third-order valence-electron chi connectivity index (χ3n) is 5.97. The van der Waals surface area contributed by atoms with E-state index >= 15 is 0 Å². The number of fused-ring (bicyclic) bond motifs is 2. The van der Waals surface area contributed by atoms with Crippen LogP contribution in [0.4, 0.5) is 20.4 Å². The van der Waals surface area contributed by atoms with E-state index in [4.69, 9.17) is 5.73 Å². The molecule has 1 aliphatic heterocycles. The van der Waals surface area contributed by atoms with Gasteiger partial charge in [-0.2, -0.15) is 5.10 Å². The summed E-state index contributed by atoms with van der Waals surface area (Å²) in [5.41, 5.74) is 5.57. The number of nitrogen functional groups attached to an aromatic ring is 1. The van der Waals surface area contributed by atoms with E-state index in [0.717, 1.165) is 19.8 Å². The summed E-state index contributed by atoms with van der Waals surface area (Å²) in [6, 6.07) is 3.47. The molecule has 2 aliphatic rings. The zero-order valence-electron chi connectivity index (χ0n) is 18.0. The summed E-state index contributed by atoms with van der Waals surface area (Å²) in [4.78, 5) is 38.7. The fraction of sp³-hybridized carbons (Fsp3) is 0.429. The summed E-state index contributed by atoms with van der Waals surface area (Å²) in [6.07, 6.45) is 2.86. The first-order chi connectivity index (χ1) is 15.6. The number of halogens is 2. The average Bonchev–Trinajstić information content (AvgIpc) is 3.42. The number of alkyl halides is 2. The number of rotatable bonds is 6. The third kappa shape index (κ3) is 3.55. The van der Waals surface area contributed by atoms with Crippen molar-refractivity contribution in [1.82, 2.24) is 30.0 Å². The predicted octanol–water partition coefficient (Wildman–Crippen LogP) is 2.00. The van der Waals surface area contributed by atoms with Crippen LogP contribution < -0.4 is 16.4 Å². The van der Waals surface area contributed by atoms with Crippen LogP contribution in [0.15, 0.2) is 18.3 Å². The summed E-state index contributed by atoms with van der Waals surface area (Å²) in [5, 5.41) is 10.4. The highest BCUT2D eigenvalue weighted by atomic mass is 19.3. The summed E-state index contributed by atoms with van der Waals surface area (Å²) in [6.45, 7) is 2.27. The van der Waals surface area contributed by atoms with E-state index in [1.165, 1.54) is 17.8 Å². The molecule has 4 N–H and O–H groups in total. The topological polar surface area (TPSA) is 141 Å². The second-order valence-electron chi connectivity index (χ2n) is 8.75. The number of aromatic nitrogens is 5. The van der Waals surface area contributed by atoms with E-state index < -0.39 is 29.6 Å². The van der Waals surface area contributed by atoms with Gasteiger partial charge in [0.25, 0.3) is 0 Å². The van der Waals surface area contributed by atoms with Crippen LogP contribution in [0.1, 0.15) is 38.7 Å². The van der Waals surface area contributed by atoms with Crippen molar-refractivity contribution in [2.45, 2.75) is 57.0 Å². The Labute approximate surface area is 187 Å². The number of hydrogen-bond donors (Lipinski definition) is 3. The normalized spacial score (nSPS) is 20.1. The van der Waals surface area contributed by atoms with Gasteiger partial charge in [0.2, 0.25) is 17.7 Å². The Bertz CT molecular complexity index is 1300. The lowest BCUT2D eigenvalue weighted by Gasteiger charge is -2.21. The minimum Gasteiger partial charge on any atom is -0.383 e. The fourth-order valence-corrected chi connectivity index (χ4v) is 3.92. The van der Waals surface area contributed by atoms with Crippen molar-refractivity contribution in [3.05, 3.63) is 23.9 Å². The van der Waals surface area contributed by atoms with Gasteiger partial charge in [-0.25, -0.2) is 28.4 Å². The minimum atomic E-state index is -2.86. The number of aryl methyl sites for hydroxylation is 1. The van der Waals surface area contributed by atoms with Gasteiger partial charge in [0, 0.05) is 25.2 Å². The van der Waals surface area contributed by atoms with E-state index in [-0.39, 0.29) is 41.3 Å². The van der Waals surface area contributed by atoms with E-state index in [1.807, 2.05) is 0 Å². The molecule has 1 unspecified atom stereocenters. The number of nitrogens with zero attached hydrogens (tertiary/aromatic N) is 5. The number of carbonyl (C=O) groups is 2. The molecule has 4 heterocycles. The molecular weight excluding hydrogens is 434 g/mol. The van der Waals surface area contributed by atoms with Gasteiger partial charge in [0.15, 0.2) is 16.9 Å². The molecule has 2 amide bonds. The van der Waals surface area contributed by atoms with E-state index in [2.05, 4.69) is 30.7 Å². The second kappa shape index (κ2) is 7.15. The number of pyridine rings is 1. The van der Waals surface area contributed by atoms with Crippen LogP contribution in [0.5, 0.6) is 0 Å². The van der Waals surface area contributed by atoms with Crippen molar-refractivity contribution in [2.75, 3.05) is 11.1 Å². The fourth-order valence-electron chi connectivity index (χ4n) is 3.92. The molecule has 0 saturated heterocycles. The smallest absolute Gasteiger partial charge is 0.247 e. The van der Waals surface area contributed by atoms with E-state index in [9.17, 15) is 18.4 Å². The molecular formula is C21H22F2N8O2. The maximum absolute atomic E-state index is 13.4. The quantitative estimate of drug-likeness (QED) is 0.482. The number of nitrogens with one attached hydrogen (secondary N) is 2. The van der Waals surface area contributed by atoms with Crippen LogP contribution in [0.25, 0.3) is 22.6 Å². The van der Waals surface area contributed by atoms with Gasteiger partial charge in [-0.3, -0.25) is 9.59 Å². The van der Waals surface area contributed by atoms with Crippen molar-refractivity contribution in [2.24, 2.45) is 0 Å². The van der Waals surface area contributed by atoms with Gasteiger partial charge in [-0.1, -0.05) is 0 Å². The zero-order chi connectivity index (χ0) is 23.5. The minimum absolute atomic E-state index is 0.0338. The van der Waals surface area contributed by atoms with E-state index in [1.54, 1.807) is 12.1 Å². The molecule has 1 saturated carbocycles. The molecule has 0 aromatic carbocycles. The second-order valence-corrected chi connectivity index (χ2v) is 8.75. The molecule has 1 fully saturated rings. The first kappa shape index (κ1) is 21.2. The standard InChI is InChI=1S/C21H22F2N8O2/c1-20(22,23)7-9-31-17-11(4-3-8-25-17)13(30-31)16-27-14(24)12-15(28-16)29-19(33)21(12,2)18(32)26-10-5-6-10/h3-4,8,10H,5-7,9H2,1-2H3,(H,26,32)(H3,24,27,28,29,33). The van der Waals surface area contributed by atoms with Crippen molar-refractivity contribution in [1.29, 1.82) is 0 Å². The lowest BCUT2D eigenvalue weighted by atomic mass is 9.83. The van der Waals surface area contributed by atoms with Crippen LogP contribution in [-0.4, -0.2) is 48.5 Å². The molecule has 1 atom stereocenters. The Morgan fingerprint density at radius 2 is 2.15 bits per heavy atom. The molecule has 33 heavy (non-hydrogen) atoms. The molecule has 5 rings (SSSR count). The zero-order valence-corrected chi connectivity index (χ0v) is 18.0. The van der Waals surface area contributed by atoms with Gasteiger partial charge < -0.3 is 16.4 Å². The summed E-state index contributed by atoms with van der Waals surface area (Å²) < 4.78 is 28.2. The molecule has 0 spiro atoms. The monoisotopic (exact) mass is 456 g/mol. The van der Waals surface area contributed by atoms with Crippen molar-refractivity contribution >= 4 is 34.5 Å². The summed E-state index contributed by atoms with van der Waals surface area (Å²) in [7, 11) is 0. The maximum atomic E-state index is 13.4. The molecule has 3 aromatic rings. The van der Waals surface area contributed by atoms with Crippen LogP contribution >= 0.6 is 0 Å². The number of amides is 2. The Balaban J connectivity index is 1.57. The van der Waals surface area contributed by atoms with E-state index in [0.29, 0.717) is 11.0 Å². The lowest BCUT2D eigenvalue weighted by Crippen LogP contribution is -2.48. The van der Waals surface area contributed by atoms with Gasteiger partial charge in [0.05, 0.1) is 10.9 Å². The highest BCUT2D eigenvalue weighted by molar-refractivity contribution is 6.21. The molecule has 1 aliphatic carbocycles. The number of carbonyl (C=O) groups excluding carboxylic acids is 2. The Hall–Kier alpha value is -3.70. The molecule has 10 nitrogen and oxygen atoms in total. The van der Waals surface area contributed by atoms with Crippen LogP contribution in [-0.2, 0) is 21.5 Å². The first-order valence-corrected chi connectivity index (χ1v) is 10.6. The highest BCUT2D eigenvalue weighted by Gasteiger charge is 2.53. The number of nitrogens with two attached hydrogens (primary N) is 1. The highest BCUT2D eigenvalue weighted by Crippen LogP contribution is 2.42. The van der Waals surface area contributed by atoms with Crippen molar-refractivity contribution in [3.63, 3.8) is 0 Å². The first-order valence-electron chi connectivity index (χ1n) is 10.6. The largest absolute Gasteiger partial charge is 0.383 e. The van der Waals surface area contributed by atoms with Gasteiger partial charge in [0.1, 0.15) is 17.3 Å². The van der Waals surface area contributed by atoms with Crippen molar-refractivity contribution in [3.8, 4) is 11.5 Å². The molecule has 172 valence electrons. The lowest BCUT2D eigenvalue weighted by molar-refractivity contribution is -0.133. The number of hydrogen-bond acceptors (Lipinski definition) is 7. The molecule has 12 heteroatoms. The van der Waals surface area contributed by atoms with Gasteiger partial charge >= 0.3 is 0 Å². The predicted molar refractivity (Wildman–Crippen MR) is 115 cm³/mol. The van der Waals surface area contributed by atoms with Gasteiger partial charge in [-0.15, -0.1) is 0 Å². The third-order valence-corrected chi connectivity index (χ3v) is 5.97. The molecule has 0 bridgehead atoms. The molecule has 0 radical (unpaired) electrons. The average molecular weight is 456 g/mol. The number of anilines is 2. The molecule has 3 aromatic heterocycles. The van der Waals surface area contributed by atoms with Crippen LogP contribution in [0.2, 0.25) is 0 Å². The van der Waals surface area contributed by atoms with Crippen molar-refractivity contribution < 1.29 is 18.4 Å². The van der Waals surface area contributed by atoms with Crippen LogP contribution in [0.3, 0.4) is 0 Å². The van der Waals surface area contributed by atoms with Crippen LogP contribution in [0, 0.1) is 0 Å². The van der Waals surface area contributed by atoms with Gasteiger partial charge in [-0.05, 0) is 38.8 Å². The summed E-state index contributed by atoms with van der Waals surface area (Å²) in [5.74, 6) is -3.67. The SMILES string of the molecule is CC(F)(F)CCn1nc(-c2nc(N)c3c(n2)NC(=O)C3(C)C(=O)NC2CC2)c2cccnc21. The Morgan fingerprint density at radius 1 is 1.39 bits per heavy atom.